The van der Waals surface area contributed by atoms with Crippen LogP contribution in [0.15, 0.2) is 70.4 Å². The molecule has 2 aromatic carbocycles. The van der Waals surface area contributed by atoms with Gasteiger partial charge in [-0.2, -0.15) is 0 Å². The van der Waals surface area contributed by atoms with Crippen molar-refractivity contribution in [1.82, 2.24) is 19.1 Å². The van der Waals surface area contributed by atoms with E-state index >= 15 is 0 Å². The number of hydrogen-bond donors (Lipinski definition) is 0. The van der Waals surface area contributed by atoms with Gasteiger partial charge in [-0.1, -0.05) is 18.2 Å². The van der Waals surface area contributed by atoms with E-state index in [1.54, 1.807) is 26.3 Å². The summed E-state index contributed by atoms with van der Waals surface area (Å²) in [5.74, 6) is 1.81. The van der Waals surface area contributed by atoms with Gasteiger partial charge in [0.05, 0.1) is 13.7 Å². The van der Waals surface area contributed by atoms with Gasteiger partial charge in [-0.05, 0) is 36.4 Å². The molecule has 2 heterocycles. The molecule has 2 aromatic heterocycles. The Morgan fingerprint density at radius 3 is 2.40 bits per heavy atom. The number of hydrogen-bond acceptors (Lipinski definition) is 6. The van der Waals surface area contributed by atoms with E-state index in [1.807, 2.05) is 42.5 Å². The highest BCUT2D eigenvalue weighted by Crippen LogP contribution is 2.20. The fourth-order valence-electron chi connectivity index (χ4n) is 3.13. The molecular weight excluding hydrogens is 384 g/mol. The third-order valence-electron chi connectivity index (χ3n) is 4.75. The van der Waals surface area contributed by atoms with Crippen molar-refractivity contribution in [3.8, 4) is 22.9 Å². The Morgan fingerprint density at radius 1 is 0.967 bits per heavy atom. The summed E-state index contributed by atoms with van der Waals surface area (Å²) in [6.07, 6.45) is 1.46. The summed E-state index contributed by atoms with van der Waals surface area (Å²) in [6, 6.07) is 16.5. The first kappa shape index (κ1) is 19.4. The van der Waals surface area contributed by atoms with Gasteiger partial charge < -0.3 is 9.47 Å². The molecule has 0 aliphatic carbocycles. The summed E-state index contributed by atoms with van der Waals surface area (Å²) < 4.78 is 13.3. The van der Waals surface area contributed by atoms with E-state index in [0.29, 0.717) is 17.3 Å². The van der Waals surface area contributed by atoms with Crippen LogP contribution in [0.4, 0.5) is 0 Å². The lowest BCUT2D eigenvalue weighted by atomic mass is 10.2. The standard InChI is InChI=1S/C22H20N4O4/c1-25-20-18(14-23-19(24-20)15-8-10-16(29-2)11-9-15)21(27)26(22(25)28)12-13-30-17-6-4-3-5-7-17/h3-11,14H,12-13H2,1-2H3. The molecule has 0 aliphatic heterocycles. The largest absolute Gasteiger partial charge is 0.497 e. The second kappa shape index (κ2) is 8.20. The van der Waals surface area contributed by atoms with Gasteiger partial charge in [0.25, 0.3) is 5.56 Å². The van der Waals surface area contributed by atoms with Crippen LogP contribution < -0.4 is 20.7 Å². The fourth-order valence-corrected chi connectivity index (χ4v) is 3.13. The Bertz CT molecular complexity index is 1300. The number of benzene rings is 2. The SMILES string of the molecule is COc1ccc(-c2ncc3c(=O)n(CCOc4ccccc4)c(=O)n(C)c3n2)cc1. The molecule has 0 radical (unpaired) electrons. The Balaban J connectivity index is 1.67. The van der Waals surface area contributed by atoms with Crippen LogP contribution in [-0.4, -0.2) is 32.8 Å². The van der Waals surface area contributed by atoms with Gasteiger partial charge in [-0.25, -0.2) is 14.8 Å². The van der Waals surface area contributed by atoms with Crippen molar-refractivity contribution in [2.45, 2.75) is 6.54 Å². The van der Waals surface area contributed by atoms with Crippen LogP contribution in [-0.2, 0) is 13.6 Å². The van der Waals surface area contributed by atoms with Crippen molar-refractivity contribution < 1.29 is 9.47 Å². The summed E-state index contributed by atoms with van der Waals surface area (Å²) in [5, 5.41) is 0.272. The summed E-state index contributed by atoms with van der Waals surface area (Å²) in [4.78, 5) is 34.4. The topological polar surface area (TPSA) is 88.2 Å². The minimum absolute atomic E-state index is 0.122. The Kier molecular flexibility index (Phi) is 5.30. The molecule has 0 N–H and O–H groups in total. The zero-order valence-electron chi connectivity index (χ0n) is 16.6. The molecule has 0 spiro atoms. The molecule has 0 fully saturated rings. The van der Waals surface area contributed by atoms with Crippen LogP contribution in [0.1, 0.15) is 0 Å². The Labute approximate surface area is 172 Å². The first-order valence-corrected chi connectivity index (χ1v) is 9.37. The highest BCUT2D eigenvalue weighted by Gasteiger charge is 2.14. The van der Waals surface area contributed by atoms with Crippen LogP contribution in [0, 0.1) is 0 Å². The molecule has 8 nitrogen and oxygen atoms in total. The van der Waals surface area contributed by atoms with Crippen LogP contribution in [0.2, 0.25) is 0 Å². The lowest BCUT2D eigenvalue weighted by molar-refractivity contribution is 0.293. The van der Waals surface area contributed by atoms with Gasteiger partial charge in [0, 0.05) is 18.8 Å². The second-order valence-corrected chi connectivity index (χ2v) is 6.62. The van der Waals surface area contributed by atoms with E-state index in [2.05, 4.69) is 9.97 Å². The summed E-state index contributed by atoms with van der Waals surface area (Å²) >= 11 is 0. The molecule has 0 aliphatic rings. The zero-order valence-corrected chi connectivity index (χ0v) is 16.6. The molecule has 8 heteroatoms. The van der Waals surface area contributed by atoms with Gasteiger partial charge in [-0.15, -0.1) is 0 Å². The first-order valence-electron chi connectivity index (χ1n) is 9.37. The summed E-state index contributed by atoms with van der Waals surface area (Å²) in [7, 11) is 3.18. The van der Waals surface area contributed by atoms with Gasteiger partial charge in [0.2, 0.25) is 0 Å². The minimum atomic E-state index is -0.455. The summed E-state index contributed by atoms with van der Waals surface area (Å²) in [6.45, 7) is 0.312. The second-order valence-electron chi connectivity index (χ2n) is 6.62. The predicted molar refractivity (Wildman–Crippen MR) is 113 cm³/mol. The molecule has 0 saturated carbocycles. The third kappa shape index (κ3) is 3.67. The summed E-state index contributed by atoms with van der Waals surface area (Å²) in [5.41, 5.74) is 0.145. The number of rotatable bonds is 6. The average Bonchev–Trinajstić information content (AvgIpc) is 2.80. The average molecular weight is 404 g/mol. The molecule has 0 atom stereocenters. The van der Waals surface area contributed by atoms with E-state index in [1.165, 1.54) is 10.8 Å². The Morgan fingerprint density at radius 2 is 1.70 bits per heavy atom. The third-order valence-corrected chi connectivity index (χ3v) is 4.75. The van der Waals surface area contributed by atoms with Crippen molar-refractivity contribution >= 4 is 11.0 Å². The first-order chi connectivity index (χ1) is 14.6. The normalized spacial score (nSPS) is 10.9. The smallest absolute Gasteiger partial charge is 0.332 e. The molecule has 4 aromatic rings. The highest BCUT2D eigenvalue weighted by atomic mass is 16.5. The number of nitrogens with zero attached hydrogens (tertiary/aromatic N) is 4. The van der Waals surface area contributed by atoms with Crippen molar-refractivity contribution in [3.63, 3.8) is 0 Å². The maximum Gasteiger partial charge on any atom is 0.332 e. The fraction of sp³-hybridized carbons (Fsp3) is 0.182. The zero-order chi connectivity index (χ0) is 21.1. The number of ether oxygens (including phenoxy) is 2. The van der Waals surface area contributed by atoms with E-state index in [4.69, 9.17) is 9.47 Å². The molecular formula is C22H20N4O4. The molecule has 0 saturated heterocycles. The highest BCUT2D eigenvalue weighted by molar-refractivity contribution is 5.75. The van der Waals surface area contributed by atoms with Crippen LogP contribution in [0.5, 0.6) is 11.5 Å². The molecule has 0 unspecified atom stereocenters. The molecule has 0 amide bonds. The molecule has 4 rings (SSSR count). The number of methoxy groups -OCH3 is 1. The number of aromatic nitrogens is 4. The predicted octanol–water partition coefficient (Wildman–Crippen LogP) is 2.24. The number of para-hydroxylation sites is 1. The number of fused-ring (bicyclic) bond motifs is 1. The maximum atomic E-state index is 12.9. The van der Waals surface area contributed by atoms with Crippen LogP contribution in [0.3, 0.4) is 0 Å². The monoisotopic (exact) mass is 404 g/mol. The van der Waals surface area contributed by atoms with Crippen molar-refractivity contribution in [2.24, 2.45) is 7.05 Å². The van der Waals surface area contributed by atoms with Crippen molar-refractivity contribution in [1.29, 1.82) is 0 Å². The van der Waals surface area contributed by atoms with Gasteiger partial charge in [0.1, 0.15) is 23.5 Å². The van der Waals surface area contributed by atoms with E-state index in [-0.39, 0.29) is 24.2 Å². The van der Waals surface area contributed by atoms with E-state index in [0.717, 1.165) is 10.1 Å². The quantitative estimate of drug-likeness (QED) is 0.490. The van der Waals surface area contributed by atoms with Crippen LogP contribution >= 0.6 is 0 Å². The van der Waals surface area contributed by atoms with Crippen molar-refractivity contribution in [3.05, 3.63) is 81.6 Å². The maximum absolute atomic E-state index is 12.9. The molecule has 152 valence electrons. The Hall–Kier alpha value is -3.94. The van der Waals surface area contributed by atoms with Crippen LogP contribution in [0.25, 0.3) is 22.4 Å². The minimum Gasteiger partial charge on any atom is -0.497 e. The molecule has 30 heavy (non-hydrogen) atoms. The lowest BCUT2D eigenvalue weighted by Crippen LogP contribution is -2.40. The van der Waals surface area contributed by atoms with E-state index < -0.39 is 11.2 Å². The van der Waals surface area contributed by atoms with E-state index in [9.17, 15) is 9.59 Å². The number of aryl methyl sites for hydroxylation is 1. The lowest BCUT2D eigenvalue weighted by Gasteiger charge is -2.11. The molecule has 0 bridgehead atoms. The van der Waals surface area contributed by atoms with Crippen molar-refractivity contribution in [2.75, 3.05) is 13.7 Å². The van der Waals surface area contributed by atoms with Gasteiger partial charge >= 0.3 is 5.69 Å². The van der Waals surface area contributed by atoms with Gasteiger partial charge in [-0.3, -0.25) is 13.9 Å². The van der Waals surface area contributed by atoms with Gasteiger partial charge in [0.15, 0.2) is 11.5 Å².